The molecule has 0 spiro atoms. The van der Waals surface area contributed by atoms with E-state index in [0.29, 0.717) is 5.88 Å². The van der Waals surface area contributed by atoms with Crippen LogP contribution >= 0.6 is 11.6 Å². The van der Waals surface area contributed by atoms with Gasteiger partial charge in [0.1, 0.15) is 0 Å². The van der Waals surface area contributed by atoms with Gasteiger partial charge in [0.25, 0.3) is 0 Å². The first kappa shape index (κ1) is 14.8. The van der Waals surface area contributed by atoms with Crippen molar-refractivity contribution in [3.8, 4) is 0 Å². The highest BCUT2D eigenvalue weighted by Crippen LogP contribution is 2.04. The smallest absolute Gasteiger partial charge is 0.0927 e. The molecule has 0 aliphatic carbocycles. The highest BCUT2D eigenvalue weighted by Gasteiger charge is 1.90. The number of halogens is 1. The fourth-order valence-electron chi connectivity index (χ4n) is 0.603. The number of hydrogen-bond acceptors (Lipinski definition) is 1. The molecule has 13 heavy (non-hydrogen) atoms. The molecule has 0 N–H and O–H groups in total. The van der Waals surface area contributed by atoms with Crippen LogP contribution < -0.4 is 0 Å². The van der Waals surface area contributed by atoms with Crippen molar-refractivity contribution in [2.24, 2.45) is 0 Å². The summed E-state index contributed by atoms with van der Waals surface area (Å²) in [7, 11) is 1.63. The lowest BCUT2D eigenvalue weighted by Gasteiger charge is -1.99. The van der Waals surface area contributed by atoms with E-state index in [2.05, 4.69) is 6.58 Å². The van der Waals surface area contributed by atoms with E-state index in [1.807, 2.05) is 32.9 Å². The average molecular weight is 203 g/mol. The minimum absolute atomic E-state index is 0.479. The molecular formula is C11H19ClO. The van der Waals surface area contributed by atoms with Crippen molar-refractivity contribution in [3.63, 3.8) is 0 Å². The minimum atomic E-state index is 0.479. The maximum Gasteiger partial charge on any atom is 0.0927 e. The predicted molar refractivity (Wildman–Crippen MR) is 61.1 cm³/mol. The zero-order valence-electron chi connectivity index (χ0n) is 8.93. The quantitative estimate of drug-likeness (QED) is 0.382. The number of allylic oxidation sites excluding steroid dienone is 5. The Hall–Kier alpha value is -0.690. The molecule has 0 aromatic heterocycles. The van der Waals surface area contributed by atoms with Crippen LogP contribution in [0.3, 0.4) is 0 Å². The van der Waals surface area contributed by atoms with Gasteiger partial charge in [-0.2, -0.15) is 0 Å². The number of rotatable bonds is 4. The summed E-state index contributed by atoms with van der Waals surface area (Å²) in [6.45, 7) is 9.45. The zero-order chi connectivity index (χ0) is 10.7. The van der Waals surface area contributed by atoms with Gasteiger partial charge in [0, 0.05) is 5.88 Å². The summed E-state index contributed by atoms with van der Waals surface area (Å²) < 4.78 is 4.96. The van der Waals surface area contributed by atoms with Gasteiger partial charge in [0.2, 0.25) is 0 Å². The fourth-order valence-corrected chi connectivity index (χ4v) is 0.769. The first-order valence-corrected chi connectivity index (χ1v) is 4.88. The highest BCUT2D eigenvalue weighted by molar-refractivity contribution is 6.19. The van der Waals surface area contributed by atoms with Gasteiger partial charge in [-0.05, 0) is 18.6 Å². The van der Waals surface area contributed by atoms with Crippen molar-refractivity contribution < 1.29 is 4.74 Å². The second-order valence-electron chi connectivity index (χ2n) is 2.07. The normalized spacial score (nSPS) is 11.5. The summed E-state index contributed by atoms with van der Waals surface area (Å²) in [6.07, 6.45) is 5.45. The molecule has 0 bridgehead atoms. The first-order chi connectivity index (χ1) is 6.24. The first-order valence-electron chi connectivity index (χ1n) is 4.34. The Labute approximate surface area is 86.7 Å². The van der Waals surface area contributed by atoms with Crippen molar-refractivity contribution in [3.05, 3.63) is 36.1 Å². The van der Waals surface area contributed by atoms with E-state index in [4.69, 9.17) is 16.3 Å². The molecule has 0 aromatic rings. The third kappa shape index (κ3) is 9.22. The molecule has 0 amide bonds. The second kappa shape index (κ2) is 11.3. The molecule has 0 unspecified atom stereocenters. The molecule has 0 rings (SSSR count). The highest BCUT2D eigenvalue weighted by atomic mass is 35.5. The summed E-state index contributed by atoms with van der Waals surface area (Å²) >= 11 is 5.63. The largest absolute Gasteiger partial charge is 0.501 e. The van der Waals surface area contributed by atoms with Crippen molar-refractivity contribution in [2.45, 2.75) is 20.8 Å². The fraction of sp³-hybridized carbons (Fsp3) is 0.455. The van der Waals surface area contributed by atoms with Crippen LogP contribution in [0, 0.1) is 0 Å². The topological polar surface area (TPSA) is 9.23 Å². The third-order valence-corrected chi connectivity index (χ3v) is 1.51. The number of hydrogen-bond donors (Lipinski definition) is 0. The Morgan fingerprint density at radius 1 is 1.46 bits per heavy atom. The Bertz CT molecular complexity index is 181. The maximum absolute atomic E-state index is 5.63. The second-order valence-corrected chi connectivity index (χ2v) is 2.34. The van der Waals surface area contributed by atoms with Crippen molar-refractivity contribution in [1.82, 2.24) is 0 Å². The lowest BCUT2D eigenvalue weighted by molar-refractivity contribution is 0.293. The molecule has 2 heteroatoms. The lowest BCUT2D eigenvalue weighted by Crippen LogP contribution is -1.84. The Morgan fingerprint density at radius 3 is 2.31 bits per heavy atom. The SMILES string of the molecule is C=C/C=C(\C=C(/C)OC)CCl.CC. The van der Waals surface area contributed by atoms with Crippen LogP contribution in [0.2, 0.25) is 0 Å². The standard InChI is InChI=1S/C9H13ClO.C2H6/c1-4-5-9(7-10)6-8(2)11-3;1-2/h4-6H,1,7H2,2-3H3;1-2H3/b8-6+,9-5+;. The van der Waals surface area contributed by atoms with E-state index in [-0.39, 0.29) is 0 Å². The Kier molecular flexibility index (Phi) is 12.9. The van der Waals surface area contributed by atoms with Crippen LogP contribution in [0.15, 0.2) is 36.1 Å². The van der Waals surface area contributed by atoms with Gasteiger partial charge in [-0.25, -0.2) is 0 Å². The molecule has 0 saturated heterocycles. The number of alkyl halides is 1. The summed E-state index contributed by atoms with van der Waals surface area (Å²) in [5.41, 5.74) is 1.00. The molecule has 1 nitrogen and oxygen atoms in total. The van der Waals surface area contributed by atoms with Gasteiger partial charge in [0.15, 0.2) is 0 Å². The van der Waals surface area contributed by atoms with Crippen LogP contribution in [0.5, 0.6) is 0 Å². The summed E-state index contributed by atoms with van der Waals surface area (Å²) in [4.78, 5) is 0. The van der Waals surface area contributed by atoms with E-state index in [9.17, 15) is 0 Å². The summed E-state index contributed by atoms with van der Waals surface area (Å²) in [5, 5.41) is 0. The molecule has 76 valence electrons. The van der Waals surface area contributed by atoms with Crippen LogP contribution in [-0.4, -0.2) is 13.0 Å². The van der Waals surface area contributed by atoms with E-state index in [0.717, 1.165) is 11.3 Å². The van der Waals surface area contributed by atoms with E-state index in [1.54, 1.807) is 13.2 Å². The number of ether oxygens (including phenoxy) is 1. The minimum Gasteiger partial charge on any atom is -0.501 e. The van der Waals surface area contributed by atoms with Gasteiger partial charge in [-0.15, -0.1) is 11.6 Å². The number of methoxy groups -OCH3 is 1. The van der Waals surface area contributed by atoms with Gasteiger partial charge in [0.05, 0.1) is 12.9 Å². The van der Waals surface area contributed by atoms with Gasteiger partial charge in [-0.3, -0.25) is 0 Å². The van der Waals surface area contributed by atoms with E-state index >= 15 is 0 Å². The Balaban J connectivity index is 0. The van der Waals surface area contributed by atoms with Gasteiger partial charge in [-0.1, -0.05) is 32.6 Å². The van der Waals surface area contributed by atoms with Crippen molar-refractivity contribution in [2.75, 3.05) is 13.0 Å². The average Bonchev–Trinajstić information content (AvgIpc) is 2.20. The molecule has 0 aliphatic rings. The maximum atomic E-state index is 5.63. The molecule has 0 fully saturated rings. The third-order valence-electron chi connectivity index (χ3n) is 1.20. The zero-order valence-corrected chi connectivity index (χ0v) is 9.69. The van der Waals surface area contributed by atoms with Crippen molar-refractivity contribution >= 4 is 11.6 Å². The van der Waals surface area contributed by atoms with Gasteiger partial charge >= 0.3 is 0 Å². The van der Waals surface area contributed by atoms with E-state index in [1.165, 1.54) is 0 Å². The van der Waals surface area contributed by atoms with E-state index < -0.39 is 0 Å². The summed E-state index contributed by atoms with van der Waals surface area (Å²) in [5.74, 6) is 1.32. The molecule has 0 aliphatic heterocycles. The van der Waals surface area contributed by atoms with Gasteiger partial charge < -0.3 is 4.74 Å². The molecular weight excluding hydrogens is 184 g/mol. The Morgan fingerprint density at radius 2 is 2.00 bits per heavy atom. The van der Waals surface area contributed by atoms with Crippen LogP contribution in [0.1, 0.15) is 20.8 Å². The van der Waals surface area contributed by atoms with Crippen molar-refractivity contribution in [1.29, 1.82) is 0 Å². The van der Waals surface area contributed by atoms with Crippen LogP contribution in [0.4, 0.5) is 0 Å². The summed E-state index contributed by atoms with van der Waals surface area (Å²) in [6, 6.07) is 0. The molecule has 0 saturated carbocycles. The molecule has 0 heterocycles. The molecule has 0 aromatic carbocycles. The predicted octanol–water partition coefficient (Wildman–Crippen LogP) is 3.91. The molecule has 0 radical (unpaired) electrons. The molecule has 0 atom stereocenters. The van der Waals surface area contributed by atoms with Crippen LogP contribution in [0.25, 0.3) is 0 Å². The van der Waals surface area contributed by atoms with Crippen LogP contribution in [-0.2, 0) is 4.74 Å². The lowest BCUT2D eigenvalue weighted by atomic mass is 10.2. The monoisotopic (exact) mass is 202 g/mol.